The number of rotatable bonds is 3. The van der Waals surface area contributed by atoms with Crippen LogP contribution in [0.3, 0.4) is 0 Å². The average molecular weight is 625 g/mol. The van der Waals surface area contributed by atoms with Crippen molar-refractivity contribution >= 4 is 71.1 Å². The van der Waals surface area contributed by atoms with Crippen LogP contribution in [-0.4, -0.2) is 18.7 Å². The van der Waals surface area contributed by atoms with Crippen molar-refractivity contribution < 1.29 is 0 Å². The van der Waals surface area contributed by atoms with Gasteiger partial charge in [-0.25, -0.2) is 9.83 Å². The molecular weight excluding hydrogens is 601 g/mol. The lowest BCUT2D eigenvalue weighted by Gasteiger charge is -2.12. The van der Waals surface area contributed by atoms with Crippen LogP contribution in [0.5, 0.6) is 0 Å². The predicted molar refractivity (Wildman–Crippen MR) is 198 cm³/mol. The van der Waals surface area contributed by atoms with Crippen LogP contribution in [0.4, 0.5) is 5.69 Å². The number of pyridine rings is 1. The topological polar surface area (TPSA) is 55.8 Å². The molecule has 0 aliphatic heterocycles. The third kappa shape index (κ3) is 3.83. The van der Waals surface area contributed by atoms with Gasteiger partial charge in [-0.15, -0.1) is 0 Å². The molecule has 226 valence electrons. The molecule has 49 heavy (non-hydrogen) atoms. The van der Waals surface area contributed by atoms with E-state index in [4.69, 9.17) is 11.6 Å². The summed E-state index contributed by atoms with van der Waals surface area (Å²) in [6.45, 7) is 7.71. The molecule has 0 fully saturated rings. The van der Waals surface area contributed by atoms with Crippen molar-refractivity contribution in [3.8, 4) is 23.4 Å². The van der Waals surface area contributed by atoms with E-state index >= 15 is 0 Å². The highest BCUT2D eigenvalue weighted by Gasteiger charge is 2.20. The van der Waals surface area contributed by atoms with Crippen molar-refractivity contribution in [2.75, 3.05) is 0 Å². The molecule has 0 unspecified atom stereocenters. The number of hydrogen-bond donors (Lipinski definition) is 0. The number of nitrogens with zero attached hydrogens (tertiary/aromatic N) is 6. The summed E-state index contributed by atoms with van der Waals surface area (Å²) in [7, 11) is 0. The minimum absolute atomic E-state index is 0.622. The van der Waals surface area contributed by atoms with Crippen LogP contribution in [0, 0.1) is 17.9 Å². The second-order valence-electron chi connectivity index (χ2n) is 12.3. The number of para-hydroxylation sites is 3. The largest absolute Gasteiger partial charge is 0.309 e. The van der Waals surface area contributed by atoms with Gasteiger partial charge in [-0.05, 0) is 84.2 Å². The van der Waals surface area contributed by atoms with Gasteiger partial charge >= 0.3 is 0 Å². The number of hydrogen-bond acceptors (Lipinski definition) is 2. The van der Waals surface area contributed by atoms with Crippen LogP contribution in [0.1, 0.15) is 5.56 Å². The summed E-state index contributed by atoms with van der Waals surface area (Å²) in [5.74, 6) is 1.60. The van der Waals surface area contributed by atoms with Crippen molar-refractivity contribution in [2.45, 2.75) is 0 Å². The van der Waals surface area contributed by atoms with Gasteiger partial charge < -0.3 is 4.57 Å². The van der Waals surface area contributed by atoms with E-state index in [1.54, 1.807) is 0 Å². The lowest BCUT2D eigenvalue weighted by atomic mass is 10.1. The van der Waals surface area contributed by atoms with Gasteiger partial charge in [-0.1, -0.05) is 66.7 Å². The van der Waals surface area contributed by atoms with Gasteiger partial charge in [0.05, 0.1) is 51.3 Å². The molecule has 6 nitrogen and oxygen atoms in total. The Hall–Kier alpha value is -7.15. The first-order valence-corrected chi connectivity index (χ1v) is 16.1. The van der Waals surface area contributed by atoms with E-state index in [1.165, 1.54) is 0 Å². The summed E-state index contributed by atoms with van der Waals surface area (Å²) in [4.78, 5) is 9.10. The maximum absolute atomic E-state index is 9.64. The maximum atomic E-state index is 9.64. The van der Waals surface area contributed by atoms with E-state index in [0.29, 0.717) is 11.3 Å². The van der Waals surface area contributed by atoms with E-state index < -0.39 is 0 Å². The molecule has 10 rings (SSSR count). The second kappa shape index (κ2) is 10.2. The molecule has 0 bridgehead atoms. The summed E-state index contributed by atoms with van der Waals surface area (Å²) in [5.41, 5.74) is 8.58. The molecule has 0 radical (unpaired) electrons. The molecule has 10 aromatic rings. The highest BCUT2D eigenvalue weighted by molar-refractivity contribution is 6.19. The summed E-state index contributed by atoms with van der Waals surface area (Å²) in [5, 5.41) is 16.1. The highest BCUT2D eigenvalue weighted by Crippen LogP contribution is 2.41. The quantitative estimate of drug-likeness (QED) is 0.184. The molecule has 0 amide bonds. The molecular formula is C43H24N6. The van der Waals surface area contributed by atoms with Crippen LogP contribution in [-0.2, 0) is 0 Å². The van der Waals surface area contributed by atoms with Crippen molar-refractivity contribution in [1.82, 2.24) is 18.7 Å². The Labute approximate surface area is 280 Å². The summed E-state index contributed by atoms with van der Waals surface area (Å²) < 4.78 is 6.73. The van der Waals surface area contributed by atoms with Gasteiger partial charge in [0.25, 0.3) is 0 Å². The molecule has 0 N–H and O–H groups in total. The molecule has 0 atom stereocenters. The fourth-order valence-corrected chi connectivity index (χ4v) is 7.59. The van der Waals surface area contributed by atoms with E-state index in [2.05, 4.69) is 116 Å². The number of benzene rings is 6. The van der Waals surface area contributed by atoms with E-state index in [-0.39, 0.29) is 0 Å². The normalized spacial score (nSPS) is 11.6. The highest BCUT2D eigenvalue weighted by atomic mass is 15.1. The fourth-order valence-electron chi connectivity index (χ4n) is 7.59. The third-order valence-electron chi connectivity index (χ3n) is 9.67. The lowest BCUT2D eigenvalue weighted by Crippen LogP contribution is -2.03. The minimum Gasteiger partial charge on any atom is -0.309 e. The first-order chi connectivity index (χ1) is 24.2. The molecule has 0 aliphatic carbocycles. The Morgan fingerprint density at radius 3 is 1.73 bits per heavy atom. The van der Waals surface area contributed by atoms with Crippen LogP contribution in [0.15, 0.2) is 146 Å². The van der Waals surface area contributed by atoms with E-state index in [0.717, 1.165) is 82.7 Å². The van der Waals surface area contributed by atoms with Crippen LogP contribution < -0.4 is 0 Å². The molecule has 0 saturated heterocycles. The monoisotopic (exact) mass is 624 g/mol. The molecule has 4 aromatic heterocycles. The standard InChI is InChI=1S/C43H24N6/c1-45-28-19-21-38-33(23-28)35-24-34-31-13-6-8-15-37(31)49(41(34)25-40(35)47(38)29-10-3-2-4-11-29)43-17-9-16-42(46-43)48-36-14-7-5-12-30(36)32-22-27(26-44)18-20-39(32)48/h2-25H. The van der Waals surface area contributed by atoms with E-state index in [9.17, 15) is 5.26 Å². The fraction of sp³-hybridized carbons (Fsp3) is 0. The third-order valence-corrected chi connectivity index (χ3v) is 9.67. The molecule has 6 heteroatoms. The number of aromatic nitrogens is 4. The van der Waals surface area contributed by atoms with Gasteiger partial charge in [0.2, 0.25) is 0 Å². The summed E-state index contributed by atoms with van der Waals surface area (Å²) in [6, 6.07) is 52.0. The zero-order valence-electron chi connectivity index (χ0n) is 26.0. The zero-order valence-corrected chi connectivity index (χ0v) is 26.0. The molecule has 0 aliphatic rings. The van der Waals surface area contributed by atoms with Gasteiger partial charge in [0.15, 0.2) is 5.69 Å². The summed E-state index contributed by atoms with van der Waals surface area (Å²) >= 11 is 0. The van der Waals surface area contributed by atoms with E-state index in [1.807, 2.05) is 54.6 Å². The maximum Gasteiger partial charge on any atom is 0.188 e. The molecule has 4 heterocycles. The average Bonchev–Trinajstić information content (AvgIpc) is 3.78. The van der Waals surface area contributed by atoms with Crippen LogP contribution in [0.25, 0.3) is 87.6 Å². The molecule has 0 spiro atoms. The van der Waals surface area contributed by atoms with Gasteiger partial charge in [0, 0.05) is 32.6 Å². The Kier molecular flexibility index (Phi) is 5.61. The Bertz CT molecular complexity index is 3070. The smallest absolute Gasteiger partial charge is 0.188 e. The first kappa shape index (κ1) is 27.0. The lowest BCUT2D eigenvalue weighted by molar-refractivity contribution is 1.01. The summed E-state index contributed by atoms with van der Waals surface area (Å²) in [6.07, 6.45) is 0. The van der Waals surface area contributed by atoms with Gasteiger partial charge in [-0.2, -0.15) is 5.26 Å². The molecule has 6 aromatic carbocycles. The van der Waals surface area contributed by atoms with Crippen molar-refractivity contribution in [3.63, 3.8) is 0 Å². The first-order valence-electron chi connectivity index (χ1n) is 16.1. The molecule has 0 saturated carbocycles. The SMILES string of the molecule is [C-]#[N+]c1ccc2c(c1)c1cc3c4ccccc4n(-c4cccc(-n5c6ccccc6c6cc(C#N)ccc65)n4)c3cc1n2-c1ccccc1. The van der Waals surface area contributed by atoms with Crippen LogP contribution >= 0.6 is 0 Å². The zero-order chi connectivity index (χ0) is 32.6. The number of fused-ring (bicyclic) bond motifs is 9. The van der Waals surface area contributed by atoms with Crippen molar-refractivity contribution in [2.24, 2.45) is 0 Å². The van der Waals surface area contributed by atoms with Gasteiger partial charge in [0.1, 0.15) is 11.6 Å². The van der Waals surface area contributed by atoms with Gasteiger partial charge in [-0.3, -0.25) is 9.13 Å². The van der Waals surface area contributed by atoms with Crippen LogP contribution in [0.2, 0.25) is 0 Å². The Balaban J connectivity index is 1.29. The Morgan fingerprint density at radius 1 is 0.469 bits per heavy atom. The Morgan fingerprint density at radius 2 is 1.02 bits per heavy atom. The van der Waals surface area contributed by atoms with Crippen molar-refractivity contribution in [3.05, 3.63) is 163 Å². The second-order valence-corrected chi connectivity index (χ2v) is 12.3. The minimum atomic E-state index is 0.622. The van der Waals surface area contributed by atoms with Crippen molar-refractivity contribution in [1.29, 1.82) is 5.26 Å². The predicted octanol–water partition coefficient (Wildman–Crippen LogP) is 10.8. The number of nitriles is 1.